The summed E-state index contributed by atoms with van der Waals surface area (Å²) >= 11 is 0. The van der Waals surface area contributed by atoms with E-state index in [1.165, 1.54) is 22.3 Å². The summed E-state index contributed by atoms with van der Waals surface area (Å²) < 4.78 is 10.9. The second-order valence-electron chi connectivity index (χ2n) is 25.2. The number of esters is 1. The second kappa shape index (κ2) is 30.0. The molecule has 2 amide bonds. The topological polar surface area (TPSA) is 186 Å². The number of piperazine rings is 2. The van der Waals surface area contributed by atoms with Crippen molar-refractivity contribution in [3.05, 3.63) is 239 Å². The Morgan fingerprint density at radius 3 is 1.62 bits per heavy atom. The number of furan rings is 1. The molecule has 14 rings (SSSR count). The predicted octanol–water partition coefficient (Wildman–Crippen LogP) is 12.8. The van der Waals surface area contributed by atoms with Crippen molar-refractivity contribution in [3.63, 3.8) is 0 Å². The average Bonchev–Trinajstić information content (AvgIpc) is 1.37. The van der Waals surface area contributed by atoms with Crippen molar-refractivity contribution in [3.8, 4) is 33.8 Å². The van der Waals surface area contributed by atoms with Crippen molar-refractivity contribution >= 4 is 51.8 Å². The van der Waals surface area contributed by atoms with Gasteiger partial charge in [-0.05, 0) is 158 Å². The Balaban J connectivity index is 0.000000173. The van der Waals surface area contributed by atoms with Crippen molar-refractivity contribution in [1.29, 1.82) is 0 Å². The summed E-state index contributed by atoms with van der Waals surface area (Å²) in [5, 5.41) is 15.2. The summed E-state index contributed by atoms with van der Waals surface area (Å²) in [7, 11) is 4.38. The van der Waals surface area contributed by atoms with E-state index in [2.05, 4.69) is 151 Å². The Labute approximate surface area is 556 Å². The highest BCUT2D eigenvalue weighted by Crippen LogP contribution is 2.44. The minimum Gasteiger partial charge on any atom is -0.462 e. The number of likely N-dealkylation sites (N-methyl/N-ethyl adjacent to an activating group) is 2. The van der Waals surface area contributed by atoms with Gasteiger partial charge in [-0.15, -0.1) is 0 Å². The number of hydrogen-bond acceptors (Lipinski definition) is 15. The number of benzene rings is 7. The normalized spacial score (nSPS) is 16.2. The molecule has 10 aromatic rings. The summed E-state index contributed by atoms with van der Waals surface area (Å²) in [6, 6.07) is 58.0. The first kappa shape index (κ1) is 63.8. The molecule has 0 spiro atoms. The number of carbonyl (C=O) groups is 3. The molecule has 2 atom stereocenters. The Morgan fingerprint density at radius 1 is 0.547 bits per heavy atom. The first-order valence-electron chi connectivity index (χ1n) is 33.4. The van der Waals surface area contributed by atoms with E-state index in [4.69, 9.17) is 24.1 Å². The quantitative estimate of drug-likeness (QED) is 0.0417. The van der Waals surface area contributed by atoms with Gasteiger partial charge in [-0.1, -0.05) is 127 Å². The fourth-order valence-electron chi connectivity index (χ4n) is 13.4. The summed E-state index contributed by atoms with van der Waals surface area (Å²) in [5.74, 6) is 1.69. The Morgan fingerprint density at radius 2 is 1.06 bits per heavy atom. The number of aromatic nitrogens is 4. The Kier molecular flexibility index (Phi) is 20.2. The van der Waals surface area contributed by atoms with Crippen LogP contribution in [0.25, 0.3) is 44.6 Å². The fourth-order valence-corrected chi connectivity index (χ4v) is 13.4. The van der Waals surface area contributed by atoms with Gasteiger partial charge in [0.25, 0.3) is 5.91 Å². The van der Waals surface area contributed by atoms with Gasteiger partial charge in [0.2, 0.25) is 17.8 Å². The summed E-state index contributed by atoms with van der Waals surface area (Å²) in [6.45, 7) is 15.1. The molecule has 4 aliphatic rings. The highest BCUT2D eigenvalue weighted by atomic mass is 16.5. The van der Waals surface area contributed by atoms with Gasteiger partial charge in [0, 0.05) is 118 Å². The summed E-state index contributed by atoms with van der Waals surface area (Å²) in [5.41, 5.74) is 15.2. The zero-order chi connectivity index (χ0) is 65.0. The van der Waals surface area contributed by atoms with E-state index in [9.17, 15) is 14.4 Å². The molecular weight excluding hydrogens is 1180 g/mol. The molecule has 2 unspecified atom stereocenters. The third-order valence-corrected chi connectivity index (χ3v) is 18.7. The van der Waals surface area contributed by atoms with Gasteiger partial charge in [0.15, 0.2) is 5.76 Å². The number of rotatable bonds is 20. The lowest BCUT2D eigenvalue weighted by molar-refractivity contribution is -0.115. The SMILES string of the molecule is CCOC(=O)c1ccc(-c2ccc(C(=O)Nc3ccc(C4Cc5cnc(NCCCN6CCN(C)CC6)nc5-c5ccccc54)cc3)o2)cc1.CN1CCN(CCCNc2ncc3c(n2)-c2ccccc2C(c2ccc(NC(=O)Cc4cccc5ccccc45)cc2)C3)CC1. The maximum absolute atomic E-state index is 13.1. The molecular formula is C78H82N12O5. The lowest BCUT2D eigenvalue weighted by Gasteiger charge is -2.32. The van der Waals surface area contributed by atoms with Crippen LogP contribution in [0.5, 0.6) is 0 Å². The van der Waals surface area contributed by atoms with Crippen molar-refractivity contribution in [2.75, 3.05) is 121 Å². The average molecular weight is 1270 g/mol. The molecule has 5 heterocycles. The van der Waals surface area contributed by atoms with E-state index in [0.29, 0.717) is 41.9 Å². The standard InChI is InChI=1S/C40H42N6O4.C38H40N6O/c1-3-49-39(48)29-11-9-28(10-12-29)35-17-18-36(50-35)38(47)43-31-15-13-27(14-16-31)34-25-30-26-42-40(44-37(30)33-8-5-4-7-32(33)34)41-19-6-20-46-23-21-45(2)22-24-46;1-43-20-22-44(23-21-43)19-7-18-39-38-40-26-30-24-35(33-12-4-5-13-34(33)37(30)42-38)28-14-16-31(17-15-28)41-36(45)25-29-10-6-9-27-8-2-3-11-32(27)29/h4-5,7-18,26,34H,3,6,19-25H2,1-2H3,(H,43,47)(H,41,42,44);2-6,8-17,26,35H,7,18-25H2,1H3,(H,41,45)(H,39,40,42). The number of fused-ring (bicyclic) bond motifs is 7. The molecule has 7 aromatic carbocycles. The molecule has 0 radical (unpaired) electrons. The maximum Gasteiger partial charge on any atom is 0.338 e. The number of anilines is 4. The van der Waals surface area contributed by atoms with E-state index < -0.39 is 0 Å². The van der Waals surface area contributed by atoms with Crippen molar-refractivity contribution in [2.45, 2.75) is 50.9 Å². The first-order valence-corrected chi connectivity index (χ1v) is 33.4. The van der Waals surface area contributed by atoms with Gasteiger partial charge in [-0.25, -0.2) is 24.7 Å². The third-order valence-electron chi connectivity index (χ3n) is 18.7. The van der Waals surface area contributed by atoms with Crippen LogP contribution in [0.2, 0.25) is 0 Å². The van der Waals surface area contributed by atoms with Crippen molar-refractivity contribution < 1.29 is 23.5 Å². The number of hydrogen-bond donors (Lipinski definition) is 4. The van der Waals surface area contributed by atoms with Crippen LogP contribution in [0.15, 0.2) is 193 Å². The number of nitrogens with one attached hydrogen (secondary N) is 4. The summed E-state index contributed by atoms with van der Waals surface area (Å²) in [6.07, 6.45) is 8.05. The van der Waals surface area contributed by atoms with E-state index in [1.54, 1.807) is 43.3 Å². The van der Waals surface area contributed by atoms with Gasteiger partial charge in [-0.3, -0.25) is 9.59 Å². The highest BCUT2D eigenvalue weighted by molar-refractivity contribution is 6.02. The molecule has 17 heteroatoms. The highest BCUT2D eigenvalue weighted by Gasteiger charge is 2.30. The van der Waals surface area contributed by atoms with Gasteiger partial charge < -0.3 is 50.0 Å². The number of nitrogens with zero attached hydrogens (tertiary/aromatic N) is 8. The van der Waals surface area contributed by atoms with E-state index in [-0.39, 0.29) is 35.4 Å². The van der Waals surface area contributed by atoms with Crippen LogP contribution in [0, 0.1) is 0 Å². The Bertz CT molecular complexity index is 4290. The maximum atomic E-state index is 13.1. The molecule has 484 valence electrons. The summed E-state index contributed by atoms with van der Waals surface area (Å²) in [4.78, 5) is 67.2. The van der Waals surface area contributed by atoms with Crippen LogP contribution in [0.3, 0.4) is 0 Å². The molecule has 2 aliphatic carbocycles. The van der Waals surface area contributed by atoms with Crippen LogP contribution in [0.4, 0.5) is 23.3 Å². The van der Waals surface area contributed by atoms with Crippen LogP contribution in [-0.4, -0.2) is 157 Å². The van der Waals surface area contributed by atoms with Gasteiger partial charge in [0.05, 0.1) is 30.0 Å². The van der Waals surface area contributed by atoms with Gasteiger partial charge in [-0.2, -0.15) is 0 Å². The monoisotopic (exact) mass is 1270 g/mol. The molecule has 4 N–H and O–H groups in total. The smallest absolute Gasteiger partial charge is 0.338 e. The molecule has 0 saturated carbocycles. The van der Waals surface area contributed by atoms with Crippen LogP contribution in [-0.2, 0) is 28.8 Å². The first-order chi connectivity index (χ1) is 46.5. The molecule has 2 saturated heterocycles. The molecule has 0 bridgehead atoms. The number of ether oxygens (including phenoxy) is 1. The molecule has 2 aliphatic heterocycles. The number of amides is 2. The third kappa shape index (κ3) is 15.5. The minimum atomic E-state index is -0.374. The van der Waals surface area contributed by atoms with Crippen LogP contribution >= 0.6 is 0 Å². The van der Waals surface area contributed by atoms with Crippen molar-refractivity contribution in [1.82, 2.24) is 39.5 Å². The molecule has 95 heavy (non-hydrogen) atoms. The van der Waals surface area contributed by atoms with E-state index >= 15 is 0 Å². The number of carbonyl (C=O) groups excluding carboxylic acids is 3. The Hall–Kier alpha value is -9.91. The van der Waals surface area contributed by atoms with Crippen molar-refractivity contribution in [2.24, 2.45) is 0 Å². The lowest BCUT2D eigenvalue weighted by Crippen LogP contribution is -2.44. The second-order valence-corrected chi connectivity index (χ2v) is 25.2. The van der Waals surface area contributed by atoms with Gasteiger partial charge in [0.1, 0.15) is 5.76 Å². The predicted molar refractivity (Wildman–Crippen MR) is 377 cm³/mol. The largest absolute Gasteiger partial charge is 0.462 e. The zero-order valence-corrected chi connectivity index (χ0v) is 54.4. The van der Waals surface area contributed by atoms with Crippen LogP contribution < -0.4 is 21.3 Å². The molecule has 3 aromatic heterocycles. The van der Waals surface area contributed by atoms with E-state index in [0.717, 1.165) is 165 Å². The molecule has 2 fully saturated rings. The lowest BCUT2D eigenvalue weighted by atomic mass is 9.78. The van der Waals surface area contributed by atoms with Crippen LogP contribution in [0.1, 0.15) is 91.5 Å². The van der Waals surface area contributed by atoms with E-state index in [1.807, 2.05) is 60.9 Å². The fraction of sp³-hybridized carbons (Fsp3) is 0.295. The molecule has 17 nitrogen and oxygen atoms in total. The zero-order valence-electron chi connectivity index (χ0n) is 54.4. The van der Waals surface area contributed by atoms with Gasteiger partial charge >= 0.3 is 5.97 Å². The minimum absolute atomic E-state index is 0.0167.